The number of pyridine rings is 1. The summed E-state index contributed by atoms with van der Waals surface area (Å²) in [5.41, 5.74) is 4.44. The topological polar surface area (TPSA) is 227 Å². The van der Waals surface area contributed by atoms with Crippen LogP contribution in [0.4, 0.5) is 8.78 Å². The van der Waals surface area contributed by atoms with Gasteiger partial charge in [0.05, 0.1) is 52.7 Å². The lowest BCUT2D eigenvalue weighted by molar-refractivity contribution is -0.144. The molecule has 7 rings (SSSR count). The van der Waals surface area contributed by atoms with E-state index in [4.69, 9.17) is 9.47 Å². The number of carbonyl (C=O) groups excluding carboxylic acids is 4. The van der Waals surface area contributed by atoms with Gasteiger partial charge in [-0.2, -0.15) is 0 Å². The minimum absolute atomic E-state index is 0.00956. The van der Waals surface area contributed by atoms with E-state index < -0.39 is 94.2 Å². The van der Waals surface area contributed by atoms with Gasteiger partial charge in [-0.3, -0.25) is 19.2 Å². The van der Waals surface area contributed by atoms with Crippen LogP contribution in [0, 0.1) is 37.8 Å². The predicted octanol–water partition coefficient (Wildman–Crippen LogP) is 5.50. The number of phenolic OH excluding ortho intramolecular Hbond substituents is 1. The normalized spacial score (nSPS) is 15.7. The third kappa shape index (κ3) is 12.0. The van der Waals surface area contributed by atoms with Gasteiger partial charge in [-0.05, 0) is 79.1 Å². The molecule has 4 heterocycles. The van der Waals surface area contributed by atoms with Gasteiger partial charge in [0.1, 0.15) is 42.6 Å². The van der Waals surface area contributed by atoms with Gasteiger partial charge in [-0.1, -0.05) is 63.2 Å². The lowest BCUT2D eigenvalue weighted by Gasteiger charge is -2.35. The number of phenols is 1. The number of aromatic hydroxyl groups is 1. The van der Waals surface area contributed by atoms with E-state index in [1.165, 1.54) is 27.8 Å². The fourth-order valence-corrected chi connectivity index (χ4v) is 9.39. The van der Waals surface area contributed by atoms with Gasteiger partial charge < -0.3 is 40.5 Å². The molecule has 17 nitrogen and oxygen atoms in total. The van der Waals surface area contributed by atoms with Gasteiger partial charge in [-0.25, -0.2) is 33.1 Å². The summed E-state index contributed by atoms with van der Waals surface area (Å²) in [6.07, 6.45) is 0.275. The van der Waals surface area contributed by atoms with Crippen molar-refractivity contribution >= 4 is 46.0 Å². The van der Waals surface area contributed by atoms with Crippen molar-refractivity contribution in [3.63, 3.8) is 0 Å². The molecule has 1 saturated heterocycles. The van der Waals surface area contributed by atoms with E-state index in [0.29, 0.717) is 22.4 Å². The minimum Gasteiger partial charge on any atom is -0.507 e. The molecule has 20 heteroatoms. The third-order valence-electron chi connectivity index (χ3n) is 12.1. The van der Waals surface area contributed by atoms with Crippen molar-refractivity contribution in [2.24, 2.45) is 5.41 Å². The molecular weight excluding hydrogens is 939 g/mol. The van der Waals surface area contributed by atoms with Crippen LogP contribution in [0.1, 0.15) is 68.1 Å². The number of aliphatic hydroxyl groups excluding tert-OH is 1. The van der Waals surface area contributed by atoms with Crippen molar-refractivity contribution in [2.45, 2.75) is 85.7 Å². The molecule has 3 aromatic heterocycles. The fourth-order valence-electron chi connectivity index (χ4n) is 8.58. The SMILES string of the molecule is Cc1cc(CNC(=O)COCCOCC(=O)N[C@H](C(=O)N2C[C@H](O)C[C@H]2C(=O)N[C@@H](C)c2ccc(-c3scnc3C)cc2)C(C)(C)C)cc(C)c1-n1c(=O)ncc2cc(F)c(-c3c(O)cccc3F)nc21. The quantitative estimate of drug-likeness (QED) is 0.0715. The molecule has 0 bridgehead atoms. The van der Waals surface area contributed by atoms with Crippen molar-refractivity contribution < 1.29 is 47.6 Å². The Balaban J connectivity index is 0.875. The number of nitrogens with one attached hydrogen (secondary N) is 3. The molecule has 0 radical (unpaired) electrons. The number of aromatic nitrogens is 4. The molecule has 4 atom stereocenters. The number of aliphatic hydroxyl groups is 1. The van der Waals surface area contributed by atoms with Crippen LogP contribution < -0.4 is 21.6 Å². The molecule has 71 heavy (non-hydrogen) atoms. The Morgan fingerprint density at radius 3 is 2.23 bits per heavy atom. The first-order valence-corrected chi connectivity index (χ1v) is 23.8. The number of nitrogens with zero attached hydrogens (tertiary/aromatic N) is 5. The Morgan fingerprint density at radius 1 is 0.915 bits per heavy atom. The van der Waals surface area contributed by atoms with E-state index in [1.54, 1.807) is 63.6 Å². The zero-order chi connectivity index (χ0) is 51.3. The number of amides is 4. The summed E-state index contributed by atoms with van der Waals surface area (Å²) in [6, 6.07) is 13.5. The zero-order valence-electron chi connectivity index (χ0n) is 40.3. The van der Waals surface area contributed by atoms with Gasteiger partial charge in [0.2, 0.25) is 23.6 Å². The molecule has 4 amide bonds. The van der Waals surface area contributed by atoms with Gasteiger partial charge in [0.15, 0.2) is 11.5 Å². The molecule has 3 aromatic carbocycles. The van der Waals surface area contributed by atoms with Crippen LogP contribution in [0.15, 0.2) is 77.2 Å². The molecule has 1 fully saturated rings. The first-order valence-electron chi connectivity index (χ1n) is 22.9. The summed E-state index contributed by atoms with van der Waals surface area (Å²) in [7, 11) is 0. The van der Waals surface area contributed by atoms with E-state index in [-0.39, 0.29) is 50.4 Å². The summed E-state index contributed by atoms with van der Waals surface area (Å²) in [5, 5.41) is 29.6. The second kappa shape index (κ2) is 22.0. The van der Waals surface area contributed by atoms with Crippen LogP contribution >= 0.6 is 11.3 Å². The summed E-state index contributed by atoms with van der Waals surface area (Å²) < 4.78 is 42.2. The molecule has 5 N–H and O–H groups in total. The van der Waals surface area contributed by atoms with Crippen LogP contribution in [0.2, 0.25) is 0 Å². The first-order chi connectivity index (χ1) is 33.7. The molecule has 0 spiro atoms. The largest absolute Gasteiger partial charge is 0.507 e. The molecule has 1 aliphatic heterocycles. The predicted molar refractivity (Wildman–Crippen MR) is 261 cm³/mol. The van der Waals surface area contributed by atoms with Crippen LogP contribution in [0.25, 0.3) is 38.4 Å². The van der Waals surface area contributed by atoms with E-state index in [9.17, 15) is 38.6 Å². The summed E-state index contributed by atoms with van der Waals surface area (Å²) in [4.78, 5) is 81.7. The van der Waals surface area contributed by atoms with Crippen LogP contribution in [-0.4, -0.2) is 109 Å². The number of rotatable bonds is 17. The summed E-state index contributed by atoms with van der Waals surface area (Å²) in [5.74, 6) is -4.30. The van der Waals surface area contributed by atoms with E-state index in [1.807, 2.05) is 38.1 Å². The highest BCUT2D eigenvalue weighted by Gasteiger charge is 2.44. The third-order valence-corrected chi connectivity index (χ3v) is 13.1. The van der Waals surface area contributed by atoms with Crippen molar-refractivity contribution in [3.05, 3.63) is 122 Å². The Labute approximate surface area is 412 Å². The Morgan fingerprint density at radius 2 is 1.59 bits per heavy atom. The number of ether oxygens (including phenoxy) is 2. The number of hydrogen-bond donors (Lipinski definition) is 5. The maximum absolute atomic E-state index is 15.2. The highest BCUT2D eigenvalue weighted by Crippen LogP contribution is 2.35. The lowest BCUT2D eigenvalue weighted by Crippen LogP contribution is -2.58. The van der Waals surface area contributed by atoms with Crippen LogP contribution in [0.5, 0.6) is 5.75 Å². The summed E-state index contributed by atoms with van der Waals surface area (Å²) >= 11 is 1.55. The molecule has 0 aliphatic carbocycles. The van der Waals surface area contributed by atoms with E-state index in [0.717, 1.165) is 33.8 Å². The Kier molecular flexibility index (Phi) is 16.0. The fraction of sp³-hybridized carbons (Fsp3) is 0.373. The van der Waals surface area contributed by atoms with Gasteiger partial charge in [0.25, 0.3) is 0 Å². The number of β-amino-alcohol motifs (C(OH)–C–C–N with tert-alkyl or cyclic N) is 1. The highest BCUT2D eigenvalue weighted by molar-refractivity contribution is 7.13. The van der Waals surface area contributed by atoms with E-state index >= 15 is 4.39 Å². The molecule has 0 saturated carbocycles. The first kappa shape index (κ1) is 51.8. The molecular formula is C51H56F2N8O9S. The average Bonchev–Trinajstić information content (AvgIpc) is 3.93. The second-order valence-corrected chi connectivity index (χ2v) is 19.4. The number of benzene rings is 3. The van der Waals surface area contributed by atoms with Crippen LogP contribution in [0.3, 0.4) is 0 Å². The number of hydrogen-bond acceptors (Lipinski definition) is 13. The molecule has 0 unspecified atom stereocenters. The van der Waals surface area contributed by atoms with E-state index in [2.05, 4.69) is 30.9 Å². The smallest absolute Gasteiger partial charge is 0.353 e. The zero-order valence-corrected chi connectivity index (χ0v) is 41.2. The minimum atomic E-state index is -1.05. The van der Waals surface area contributed by atoms with Gasteiger partial charge in [0, 0.05) is 31.1 Å². The van der Waals surface area contributed by atoms with Gasteiger partial charge >= 0.3 is 5.69 Å². The summed E-state index contributed by atoms with van der Waals surface area (Å²) in [6.45, 7) is 11.8. The van der Waals surface area contributed by atoms with Crippen molar-refractivity contribution in [1.29, 1.82) is 0 Å². The lowest BCUT2D eigenvalue weighted by atomic mass is 9.85. The molecule has 6 aromatic rings. The van der Waals surface area contributed by atoms with Crippen molar-refractivity contribution in [1.82, 2.24) is 40.4 Å². The van der Waals surface area contributed by atoms with Crippen molar-refractivity contribution in [3.8, 4) is 33.1 Å². The maximum atomic E-state index is 15.2. The number of carbonyl (C=O) groups is 4. The maximum Gasteiger partial charge on any atom is 0.353 e. The standard InChI is InChI=1S/C51H56F2N8O9S/c1-27-17-31(18-28(2)44(27)61-47-34(22-55-50(61)68)19-37(53)43(59-47)42-36(52)9-8-10-39(42)63)21-54-40(64)24-69-15-16-70-25-41(65)58-46(51(5,6)7)49(67)60-23-35(62)20-38(60)48(66)57-29(3)32-11-13-33(14-12-32)45-30(4)56-26-71-45/h8-14,17-19,22,26,29,35,38,46,62-63H,15-16,20-21,23-25H2,1-7H3,(H,54,64)(H,57,66)(H,58,65)/t29-,35+,38-,46+/m0/s1. The Bertz CT molecular complexity index is 2990. The second-order valence-electron chi connectivity index (χ2n) is 18.6. The average molecular weight is 995 g/mol. The monoisotopic (exact) mass is 994 g/mol. The van der Waals surface area contributed by atoms with Gasteiger partial charge in [-0.15, -0.1) is 11.3 Å². The number of thiazole rings is 1. The number of fused-ring (bicyclic) bond motifs is 1. The van der Waals surface area contributed by atoms with Crippen LogP contribution in [-0.2, 0) is 35.2 Å². The molecule has 374 valence electrons. The Hall–Kier alpha value is -7.00. The molecule has 1 aliphatic rings. The highest BCUT2D eigenvalue weighted by atomic mass is 32.1. The number of aryl methyl sites for hydroxylation is 3. The van der Waals surface area contributed by atoms with Crippen molar-refractivity contribution in [2.75, 3.05) is 33.0 Å². The number of halogens is 2. The number of likely N-dealkylation sites (tertiary alicyclic amines) is 1.